The zero-order valence-electron chi connectivity index (χ0n) is 10.6. The van der Waals surface area contributed by atoms with E-state index in [9.17, 15) is 0 Å². The van der Waals surface area contributed by atoms with Gasteiger partial charge in [0.15, 0.2) is 0 Å². The van der Waals surface area contributed by atoms with E-state index in [1.807, 2.05) is 0 Å². The summed E-state index contributed by atoms with van der Waals surface area (Å²) >= 11 is 0. The van der Waals surface area contributed by atoms with Crippen LogP contribution in [-0.4, -0.2) is 13.6 Å². The molecule has 1 nitrogen and oxygen atoms in total. The van der Waals surface area contributed by atoms with Crippen molar-refractivity contribution in [2.24, 2.45) is 23.2 Å². The molecule has 0 bridgehead atoms. The largest absolute Gasteiger partial charge is 0.319 e. The van der Waals surface area contributed by atoms with Crippen LogP contribution in [-0.2, 0) is 0 Å². The Hall–Kier alpha value is -0.0400. The lowest BCUT2D eigenvalue weighted by atomic mass is 9.81. The molecule has 0 amide bonds. The molecule has 0 aromatic rings. The van der Waals surface area contributed by atoms with Crippen LogP contribution >= 0.6 is 0 Å². The predicted molar refractivity (Wildman–Crippen MR) is 63.4 cm³/mol. The number of nitrogens with one attached hydrogen (secondary N) is 1. The maximum atomic E-state index is 3.36. The van der Waals surface area contributed by atoms with Gasteiger partial charge < -0.3 is 5.32 Å². The van der Waals surface area contributed by atoms with Crippen molar-refractivity contribution in [3.05, 3.63) is 0 Å². The fraction of sp³-hybridized carbons (Fsp3) is 1.00. The molecular formula is C13H27N. The Balaban J connectivity index is 2.70. The standard InChI is InChI=1S/C13H27N/c1-6-11(9-14-5)13(8-3)10(4)12(13)7-2/h10-12,14H,6-9H2,1-5H3. The van der Waals surface area contributed by atoms with Gasteiger partial charge in [-0.15, -0.1) is 0 Å². The second kappa shape index (κ2) is 4.65. The van der Waals surface area contributed by atoms with Crippen LogP contribution < -0.4 is 5.32 Å². The van der Waals surface area contributed by atoms with E-state index in [2.05, 4.69) is 40.1 Å². The lowest BCUT2D eigenvalue weighted by molar-refractivity contribution is 0.241. The Morgan fingerprint density at radius 3 is 2.21 bits per heavy atom. The summed E-state index contributed by atoms with van der Waals surface area (Å²) in [5, 5.41) is 3.36. The Bertz CT molecular complexity index is 178. The van der Waals surface area contributed by atoms with Gasteiger partial charge >= 0.3 is 0 Å². The highest BCUT2D eigenvalue weighted by atomic mass is 14.8. The Morgan fingerprint density at radius 1 is 1.29 bits per heavy atom. The van der Waals surface area contributed by atoms with E-state index in [1.54, 1.807) is 0 Å². The molecule has 0 radical (unpaired) electrons. The van der Waals surface area contributed by atoms with E-state index in [4.69, 9.17) is 0 Å². The molecule has 1 saturated carbocycles. The molecule has 1 heteroatoms. The fourth-order valence-corrected chi connectivity index (χ4v) is 4.00. The Kier molecular flexibility index (Phi) is 4.00. The first-order valence-corrected chi connectivity index (χ1v) is 6.33. The van der Waals surface area contributed by atoms with E-state index in [0.717, 1.165) is 17.8 Å². The molecular weight excluding hydrogens is 170 g/mol. The zero-order chi connectivity index (χ0) is 10.8. The normalized spacial score (nSPS) is 38.4. The van der Waals surface area contributed by atoms with Crippen molar-refractivity contribution >= 4 is 0 Å². The number of hydrogen-bond acceptors (Lipinski definition) is 1. The van der Waals surface area contributed by atoms with Crippen molar-refractivity contribution in [1.82, 2.24) is 5.32 Å². The molecule has 84 valence electrons. The summed E-state index contributed by atoms with van der Waals surface area (Å²) in [5.41, 5.74) is 0.673. The van der Waals surface area contributed by atoms with Crippen molar-refractivity contribution in [2.75, 3.05) is 13.6 Å². The highest BCUT2D eigenvalue weighted by Crippen LogP contribution is 2.67. The van der Waals surface area contributed by atoms with Crippen LogP contribution in [0.4, 0.5) is 0 Å². The molecule has 1 N–H and O–H groups in total. The number of hydrogen-bond donors (Lipinski definition) is 1. The quantitative estimate of drug-likeness (QED) is 0.689. The monoisotopic (exact) mass is 197 g/mol. The predicted octanol–water partition coefficient (Wildman–Crippen LogP) is 3.30. The van der Waals surface area contributed by atoms with Gasteiger partial charge in [0.1, 0.15) is 0 Å². The van der Waals surface area contributed by atoms with Crippen LogP contribution in [0.15, 0.2) is 0 Å². The van der Waals surface area contributed by atoms with Crippen LogP contribution in [0, 0.1) is 23.2 Å². The summed E-state index contributed by atoms with van der Waals surface area (Å²) in [5.74, 6) is 2.83. The molecule has 0 heterocycles. The maximum Gasteiger partial charge on any atom is -0.00181 e. The first-order chi connectivity index (χ1) is 6.68. The van der Waals surface area contributed by atoms with Gasteiger partial charge in [-0.25, -0.2) is 0 Å². The minimum atomic E-state index is 0.673. The molecule has 1 aliphatic rings. The average molecular weight is 197 g/mol. The van der Waals surface area contributed by atoms with Gasteiger partial charge in [0.05, 0.1) is 0 Å². The van der Waals surface area contributed by atoms with Crippen LogP contribution in [0.2, 0.25) is 0 Å². The number of rotatable bonds is 6. The summed E-state index contributed by atoms with van der Waals surface area (Å²) in [6, 6.07) is 0. The molecule has 1 aliphatic carbocycles. The van der Waals surface area contributed by atoms with Gasteiger partial charge in [-0.05, 0) is 43.2 Å². The van der Waals surface area contributed by atoms with Gasteiger partial charge in [0, 0.05) is 0 Å². The molecule has 0 aromatic carbocycles. The van der Waals surface area contributed by atoms with E-state index in [-0.39, 0.29) is 0 Å². The third-order valence-corrected chi connectivity index (χ3v) is 4.79. The van der Waals surface area contributed by atoms with Crippen molar-refractivity contribution < 1.29 is 0 Å². The van der Waals surface area contributed by atoms with Gasteiger partial charge in [0.25, 0.3) is 0 Å². The zero-order valence-corrected chi connectivity index (χ0v) is 10.6. The molecule has 4 atom stereocenters. The van der Waals surface area contributed by atoms with Gasteiger partial charge in [-0.2, -0.15) is 0 Å². The molecule has 4 unspecified atom stereocenters. The van der Waals surface area contributed by atoms with E-state index >= 15 is 0 Å². The summed E-state index contributed by atoms with van der Waals surface area (Å²) < 4.78 is 0. The van der Waals surface area contributed by atoms with Crippen molar-refractivity contribution in [2.45, 2.75) is 47.0 Å². The molecule has 0 saturated heterocycles. The summed E-state index contributed by atoms with van der Waals surface area (Å²) in [6.07, 6.45) is 4.07. The van der Waals surface area contributed by atoms with E-state index in [0.29, 0.717) is 5.41 Å². The van der Waals surface area contributed by atoms with Gasteiger partial charge in [-0.3, -0.25) is 0 Å². The third-order valence-electron chi connectivity index (χ3n) is 4.79. The van der Waals surface area contributed by atoms with Crippen LogP contribution in [0.3, 0.4) is 0 Å². The van der Waals surface area contributed by atoms with Crippen LogP contribution in [0.1, 0.15) is 47.0 Å². The SMILES string of the molecule is CCC(CNC)C1(CC)C(C)C1CC. The van der Waals surface area contributed by atoms with Crippen LogP contribution in [0.5, 0.6) is 0 Å². The molecule has 0 spiro atoms. The van der Waals surface area contributed by atoms with E-state index < -0.39 is 0 Å². The maximum absolute atomic E-state index is 3.36. The minimum absolute atomic E-state index is 0.673. The molecule has 1 fully saturated rings. The Labute approximate surface area is 89.7 Å². The summed E-state index contributed by atoms with van der Waals surface area (Å²) in [6.45, 7) is 10.7. The topological polar surface area (TPSA) is 12.0 Å². The average Bonchev–Trinajstić information content (AvgIpc) is 2.80. The lowest BCUT2D eigenvalue weighted by Gasteiger charge is -2.27. The van der Waals surface area contributed by atoms with Crippen molar-refractivity contribution in [3.63, 3.8) is 0 Å². The van der Waals surface area contributed by atoms with Crippen molar-refractivity contribution in [3.8, 4) is 0 Å². The smallest absolute Gasteiger partial charge is 0.00181 e. The van der Waals surface area contributed by atoms with Gasteiger partial charge in [0.2, 0.25) is 0 Å². The molecule has 0 aromatic heterocycles. The highest BCUT2D eigenvalue weighted by molar-refractivity contribution is 5.10. The highest BCUT2D eigenvalue weighted by Gasteiger charge is 2.61. The summed E-state index contributed by atoms with van der Waals surface area (Å²) in [4.78, 5) is 0. The lowest BCUT2D eigenvalue weighted by Crippen LogP contribution is -2.28. The van der Waals surface area contributed by atoms with E-state index in [1.165, 1.54) is 25.8 Å². The fourth-order valence-electron chi connectivity index (χ4n) is 4.00. The summed E-state index contributed by atoms with van der Waals surface area (Å²) in [7, 11) is 2.08. The third kappa shape index (κ3) is 1.60. The van der Waals surface area contributed by atoms with Gasteiger partial charge in [-0.1, -0.05) is 40.5 Å². The molecule has 14 heavy (non-hydrogen) atoms. The molecule has 0 aliphatic heterocycles. The molecule has 1 rings (SSSR count). The Morgan fingerprint density at radius 2 is 1.93 bits per heavy atom. The minimum Gasteiger partial charge on any atom is -0.319 e. The van der Waals surface area contributed by atoms with Crippen LogP contribution in [0.25, 0.3) is 0 Å². The first kappa shape index (κ1) is 12.0. The second-order valence-corrected chi connectivity index (χ2v) is 4.93. The second-order valence-electron chi connectivity index (χ2n) is 4.93. The van der Waals surface area contributed by atoms with Crippen molar-refractivity contribution in [1.29, 1.82) is 0 Å². The first-order valence-electron chi connectivity index (χ1n) is 6.33.